The summed E-state index contributed by atoms with van der Waals surface area (Å²) in [5.41, 5.74) is 13.5. The fraction of sp³-hybridized carbons (Fsp3) is 0.111. The van der Waals surface area contributed by atoms with Crippen LogP contribution in [-0.4, -0.2) is 15.0 Å². The number of rotatable bonds is 5. The van der Waals surface area contributed by atoms with Crippen molar-refractivity contribution in [3.8, 4) is 0 Å². The Morgan fingerprint density at radius 2 is 1.72 bits per heavy atom. The van der Waals surface area contributed by atoms with Crippen molar-refractivity contribution in [2.45, 2.75) is 10.9 Å². The van der Waals surface area contributed by atoms with Crippen LogP contribution in [0.4, 0.5) is 11.4 Å². The van der Waals surface area contributed by atoms with E-state index in [1.807, 2.05) is 42.5 Å². The maximum absolute atomic E-state index is 11.9. The molecule has 7 heteroatoms. The van der Waals surface area contributed by atoms with Crippen LogP contribution in [0.1, 0.15) is 11.6 Å². The lowest BCUT2D eigenvalue weighted by molar-refractivity contribution is 0.595. The van der Waals surface area contributed by atoms with Crippen molar-refractivity contribution in [3.63, 3.8) is 0 Å². The van der Waals surface area contributed by atoms with E-state index in [0.29, 0.717) is 11.3 Å². The molecule has 0 bridgehead atoms. The molecule has 0 aromatic heterocycles. The van der Waals surface area contributed by atoms with E-state index >= 15 is 0 Å². The SMILES string of the molecule is NCC(Nc1cccc2ccccc12)c1cc(N)ccc1S(N)(=O)=O. The Balaban J connectivity index is 2.08. The molecular weight excluding hydrogens is 336 g/mol. The smallest absolute Gasteiger partial charge is 0.238 e. The van der Waals surface area contributed by atoms with Gasteiger partial charge in [0.1, 0.15) is 0 Å². The minimum absolute atomic E-state index is 0.0184. The van der Waals surface area contributed by atoms with Gasteiger partial charge in [-0.2, -0.15) is 0 Å². The summed E-state index contributed by atoms with van der Waals surface area (Å²) in [6, 6.07) is 17.8. The number of hydrogen-bond acceptors (Lipinski definition) is 5. The van der Waals surface area contributed by atoms with E-state index in [1.165, 1.54) is 12.1 Å². The molecule has 1 unspecified atom stereocenters. The van der Waals surface area contributed by atoms with Gasteiger partial charge < -0.3 is 16.8 Å². The van der Waals surface area contributed by atoms with Gasteiger partial charge in [0.05, 0.1) is 10.9 Å². The fourth-order valence-corrected chi connectivity index (χ4v) is 3.69. The first kappa shape index (κ1) is 17.2. The molecule has 0 aliphatic heterocycles. The predicted molar refractivity (Wildman–Crippen MR) is 102 cm³/mol. The Labute approximate surface area is 146 Å². The van der Waals surface area contributed by atoms with Crippen molar-refractivity contribution in [1.29, 1.82) is 0 Å². The molecular formula is C18H20N4O2S. The quantitative estimate of drug-likeness (QED) is 0.522. The highest BCUT2D eigenvalue weighted by Crippen LogP contribution is 2.30. The predicted octanol–water partition coefficient (Wildman–Crippen LogP) is 2.18. The van der Waals surface area contributed by atoms with Gasteiger partial charge in [-0.15, -0.1) is 0 Å². The number of sulfonamides is 1. The van der Waals surface area contributed by atoms with E-state index in [1.54, 1.807) is 6.07 Å². The topological polar surface area (TPSA) is 124 Å². The summed E-state index contributed by atoms with van der Waals surface area (Å²) in [6.45, 7) is 0.176. The highest BCUT2D eigenvalue weighted by atomic mass is 32.2. The Kier molecular flexibility index (Phi) is 4.63. The van der Waals surface area contributed by atoms with Crippen molar-refractivity contribution in [3.05, 3.63) is 66.2 Å². The monoisotopic (exact) mass is 356 g/mol. The number of nitrogen functional groups attached to an aromatic ring is 1. The van der Waals surface area contributed by atoms with Gasteiger partial charge in [-0.1, -0.05) is 36.4 Å². The van der Waals surface area contributed by atoms with Gasteiger partial charge in [-0.05, 0) is 35.2 Å². The zero-order chi connectivity index (χ0) is 18.0. The van der Waals surface area contributed by atoms with Crippen LogP contribution in [0.25, 0.3) is 10.8 Å². The molecule has 0 amide bonds. The zero-order valence-corrected chi connectivity index (χ0v) is 14.3. The molecule has 0 heterocycles. The van der Waals surface area contributed by atoms with Crippen molar-refractivity contribution in [2.24, 2.45) is 10.9 Å². The van der Waals surface area contributed by atoms with Crippen molar-refractivity contribution < 1.29 is 8.42 Å². The molecule has 0 saturated carbocycles. The molecule has 7 N–H and O–H groups in total. The maximum atomic E-state index is 11.9. The lowest BCUT2D eigenvalue weighted by Crippen LogP contribution is -2.25. The summed E-state index contributed by atoms with van der Waals surface area (Å²) >= 11 is 0. The van der Waals surface area contributed by atoms with Crippen LogP contribution in [0.3, 0.4) is 0 Å². The van der Waals surface area contributed by atoms with E-state index in [-0.39, 0.29) is 11.4 Å². The second kappa shape index (κ2) is 6.72. The van der Waals surface area contributed by atoms with E-state index < -0.39 is 16.1 Å². The molecule has 3 rings (SSSR count). The normalized spacial score (nSPS) is 12.9. The third kappa shape index (κ3) is 3.58. The lowest BCUT2D eigenvalue weighted by Gasteiger charge is -2.22. The number of nitrogens with two attached hydrogens (primary N) is 3. The van der Waals surface area contributed by atoms with Crippen LogP contribution in [0.5, 0.6) is 0 Å². The lowest BCUT2D eigenvalue weighted by atomic mass is 10.0. The Hall–Kier alpha value is -2.61. The minimum Gasteiger partial charge on any atom is -0.399 e. The van der Waals surface area contributed by atoms with E-state index in [2.05, 4.69) is 5.32 Å². The van der Waals surface area contributed by atoms with Gasteiger partial charge in [0.2, 0.25) is 10.0 Å². The van der Waals surface area contributed by atoms with Crippen molar-refractivity contribution in [1.82, 2.24) is 0 Å². The molecule has 0 aliphatic rings. The molecule has 130 valence electrons. The number of benzene rings is 3. The average molecular weight is 356 g/mol. The molecule has 6 nitrogen and oxygen atoms in total. The second-order valence-corrected chi connectivity index (χ2v) is 7.33. The Morgan fingerprint density at radius 1 is 1.00 bits per heavy atom. The van der Waals surface area contributed by atoms with Gasteiger partial charge in [-0.3, -0.25) is 0 Å². The van der Waals surface area contributed by atoms with E-state index in [0.717, 1.165) is 16.5 Å². The Bertz CT molecular complexity index is 1010. The van der Waals surface area contributed by atoms with Gasteiger partial charge in [0, 0.05) is 23.3 Å². The van der Waals surface area contributed by atoms with E-state index in [4.69, 9.17) is 16.6 Å². The number of primary sulfonamides is 1. The summed E-state index contributed by atoms with van der Waals surface area (Å²) in [6.07, 6.45) is 0. The van der Waals surface area contributed by atoms with E-state index in [9.17, 15) is 8.42 Å². The molecule has 1 atom stereocenters. The molecule has 0 aliphatic carbocycles. The van der Waals surface area contributed by atoms with Gasteiger partial charge >= 0.3 is 0 Å². The van der Waals surface area contributed by atoms with Crippen LogP contribution in [0, 0.1) is 0 Å². The highest BCUT2D eigenvalue weighted by molar-refractivity contribution is 7.89. The van der Waals surface area contributed by atoms with Crippen LogP contribution >= 0.6 is 0 Å². The summed E-state index contributed by atoms with van der Waals surface area (Å²) in [5, 5.41) is 10.8. The molecule has 3 aromatic rings. The largest absolute Gasteiger partial charge is 0.399 e. The number of anilines is 2. The number of nitrogens with one attached hydrogen (secondary N) is 1. The average Bonchev–Trinajstić information content (AvgIpc) is 2.58. The van der Waals surface area contributed by atoms with Gasteiger partial charge in [-0.25, -0.2) is 13.6 Å². The number of fused-ring (bicyclic) bond motifs is 1. The fourth-order valence-electron chi connectivity index (χ4n) is 2.90. The minimum atomic E-state index is -3.89. The van der Waals surface area contributed by atoms with Crippen molar-refractivity contribution >= 4 is 32.2 Å². The van der Waals surface area contributed by atoms with Crippen molar-refractivity contribution in [2.75, 3.05) is 17.6 Å². The van der Waals surface area contributed by atoms with Crippen LogP contribution in [0.15, 0.2) is 65.6 Å². The molecule has 0 radical (unpaired) electrons. The molecule has 0 spiro atoms. The zero-order valence-electron chi connectivity index (χ0n) is 13.5. The van der Waals surface area contributed by atoms with Crippen LogP contribution in [-0.2, 0) is 10.0 Å². The third-order valence-electron chi connectivity index (χ3n) is 4.07. The molecule has 25 heavy (non-hydrogen) atoms. The number of hydrogen-bond donors (Lipinski definition) is 4. The van der Waals surface area contributed by atoms with Crippen LogP contribution < -0.4 is 21.9 Å². The molecule has 0 fully saturated rings. The maximum Gasteiger partial charge on any atom is 0.238 e. The van der Waals surface area contributed by atoms with Crippen LogP contribution in [0.2, 0.25) is 0 Å². The van der Waals surface area contributed by atoms with Gasteiger partial charge in [0.25, 0.3) is 0 Å². The molecule has 0 saturated heterocycles. The summed E-state index contributed by atoms with van der Waals surface area (Å²) in [5.74, 6) is 0. The standard InChI is InChI=1S/C18H20N4O2S/c19-11-17(15-10-13(20)8-9-18(15)25(21,23)24)22-16-7-3-5-12-4-1-2-6-14(12)16/h1-10,17,22H,11,19-20H2,(H2,21,23,24). The second-order valence-electron chi connectivity index (χ2n) is 5.80. The first-order valence-corrected chi connectivity index (χ1v) is 9.31. The Morgan fingerprint density at radius 3 is 2.44 bits per heavy atom. The summed E-state index contributed by atoms with van der Waals surface area (Å²) in [4.78, 5) is 0.0184. The first-order chi connectivity index (χ1) is 11.9. The summed E-state index contributed by atoms with van der Waals surface area (Å²) < 4.78 is 23.8. The highest BCUT2D eigenvalue weighted by Gasteiger charge is 2.21. The first-order valence-electron chi connectivity index (χ1n) is 7.77. The summed E-state index contributed by atoms with van der Waals surface area (Å²) in [7, 11) is -3.89. The third-order valence-corrected chi connectivity index (χ3v) is 5.06. The molecule has 3 aromatic carbocycles. The van der Waals surface area contributed by atoms with Gasteiger partial charge in [0.15, 0.2) is 0 Å².